The molecule has 3 rings (SSSR count). The highest BCUT2D eigenvalue weighted by atomic mass is 127. The minimum atomic E-state index is -0.984. The highest BCUT2D eigenvalue weighted by Gasteiger charge is 2.24. The monoisotopic (exact) mass is 561 g/mol. The third-order valence-corrected chi connectivity index (χ3v) is 6.00. The highest BCUT2D eigenvalue weighted by Crippen LogP contribution is 2.17. The molecular formula is C23H37FIN5O2. The number of hydrogen-bond donors (Lipinski definition) is 2. The summed E-state index contributed by atoms with van der Waals surface area (Å²) in [5.74, 6) is 0.540. The summed E-state index contributed by atoms with van der Waals surface area (Å²) in [5, 5.41) is 13.6. The van der Waals surface area contributed by atoms with Gasteiger partial charge in [0.25, 0.3) is 0 Å². The molecule has 2 heterocycles. The van der Waals surface area contributed by atoms with Gasteiger partial charge in [0.15, 0.2) is 5.96 Å². The maximum atomic E-state index is 13.9. The van der Waals surface area contributed by atoms with Gasteiger partial charge < -0.3 is 20.2 Å². The number of halogens is 2. The van der Waals surface area contributed by atoms with Crippen LogP contribution in [-0.2, 0) is 4.79 Å². The van der Waals surface area contributed by atoms with E-state index in [0.29, 0.717) is 13.1 Å². The van der Waals surface area contributed by atoms with Crippen molar-refractivity contribution in [2.45, 2.75) is 38.7 Å². The largest absolute Gasteiger partial charge is 0.386 e. The third kappa shape index (κ3) is 7.84. The van der Waals surface area contributed by atoms with Crippen LogP contribution in [0.1, 0.15) is 44.3 Å². The SMILES string of the molecule is CCNC(=NCC(O)c1ccccc1F)N1CCN(CC(=O)N2CCCCCC2)CC1.I. The second kappa shape index (κ2) is 13.9. The standard InChI is InChI=1S/C23H36FN5O2.HI/c1-2-25-23(26-17-21(30)19-9-5-6-10-20(19)24)29-15-13-27(14-16-29)18-22(31)28-11-7-3-4-8-12-28;/h5-6,9-10,21,30H,2-4,7-8,11-18H2,1H3,(H,25,26);1H. The van der Waals surface area contributed by atoms with Gasteiger partial charge in [-0.05, 0) is 25.8 Å². The molecule has 7 nitrogen and oxygen atoms in total. The summed E-state index contributed by atoms with van der Waals surface area (Å²) in [5.41, 5.74) is 0.263. The zero-order valence-electron chi connectivity index (χ0n) is 19.0. The molecule has 0 radical (unpaired) electrons. The van der Waals surface area contributed by atoms with Crippen molar-refractivity contribution in [1.82, 2.24) is 20.0 Å². The van der Waals surface area contributed by atoms with E-state index in [0.717, 1.165) is 58.1 Å². The van der Waals surface area contributed by atoms with Crippen LogP contribution in [0.2, 0.25) is 0 Å². The lowest BCUT2D eigenvalue weighted by Gasteiger charge is -2.37. The number of nitrogens with one attached hydrogen (secondary N) is 1. The van der Waals surface area contributed by atoms with Crippen molar-refractivity contribution in [1.29, 1.82) is 0 Å². The summed E-state index contributed by atoms with van der Waals surface area (Å²) in [6.07, 6.45) is 3.69. The van der Waals surface area contributed by atoms with Crippen molar-refractivity contribution in [3.8, 4) is 0 Å². The average molecular weight is 561 g/mol. The average Bonchev–Trinajstić information content (AvgIpc) is 3.07. The van der Waals surface area contributed by atoms with Crippen molar-refractivity contribution in [2.75, 3.05) is 58.9 Å². The van der Waals surface area contributed by atoms with Crippen LogP contribution >= 0.6 is 24.0 Å². The molecule has 0 bridgehead atoms. The molecule has 2 N–H and O–H groups in total. The van der Waals surface area contributed by atoms with Gasteiger partial charge in [-0.15, -0.1) is 24.0 Å². The zero-order chi connectivity index (χ0) is 22.1. The number of amides is 1. The number of aliphatic imine (C=N–C) groups is 1. The molecule has 2 aliphatic rings. The molecule has 180 valence electrons. The molecule has 9 heteroatoms. The molecule has 1 atom stereocenters. The van der Waals surface area contributed by atoms with Crippen molar-refractivity contribution >= 4 is 35.8 Å². The summed E-state index contributed by atoms with van der Waals surface area (Å²) in [6, 6.07) is 6.25. The number of aliphatic hydroxyl groups is 1. The van der Waals surface area contributed by atoms with Gasteiger partial charge in [0, 0.05) is 51.4 Å². The van der Waals surface area contributed by atoms with Gasteiger partial charge in [-0.3, -0.25) is 14.7 Å². The first-order valence-corrected chi connectivity index (χ1v) is 11.5. The molecule has 2 fully saturated rings. The van der Waals surface area contributed by atoms with Crippen molar-refractivity contribution in [3.05, 3.63) is 35.6 Å². The van der Waals surface area contributed by atoms with Crippen LogP contribution in [0.4, 0.5) is 4.39 Å². The van der Waals surface area contributed by atoms with E-state index < -0.39 is 11.9 Å². The number of likely N-dealkylation sites (tertiary alicyclic amines) is 1. The lowest BCUT2D eigenvalue weighted by Crippen LogP contribution is -2.54. The number of nitrogens with zero attached hydrogens (tertiary/aromatic N) is 4. The molecule has 0 aromatic heterocycles. The van der Waals surface area contributed by atoms with Crippen LogP contribution < -0.4 is 5.32 Å². The molecule has 0 saturated carbocycles. The number of carbonyl (C=O) groups is 1. The Morgan fingerprint density at radius 3 is 2.34 bits per heavy atom. The summed E-state index contributed by atoms with van der Waals surface area (Å²) in [6.45, 7) is 8.16. The lowest BCUT2D eigenvalue weighted by atomic mass is 10.1. The number of guanidine groups is 1. The van der Waals surface area contributed by atoms with E-state index in [1.165, 1.54) is 18.9 Å². The van der Waals surface area contributed by atoms with Gasteiger partial charge >= 0.3 is 0 Å². The van der Waals surface area contributed by atoms with E-state index in [1.807, 2.05) is 11.8 Å². The summed E-state index contributed by atoms with van der Waals surface area (Å²) < 4.78 is 13.9. The van der Waals surface area contributed by atoms with Crippen molar-refractivity contribution in [2.24, 2.45) is 4.99 Å². The van der Waals surface area contributed by atoms with Crippen molar-refractivity contribution in [3.63, 3.8) is 0 Å². The fraction of sp³-hybridized carbons (Fsp3) is 0.652. The van der Waals surface area contributed by atoms with Crippen LogP contribution in [0.15, 0.2) is 29.3 Å². The minimum Gasteiger partial charge on any atom is -0.386 e. The Kier molecular flexibility index (Phi) is 11.7. The van der Waals surface area contributed by atoms with E-state index >= 15 is 0 Å². The van der Waals surface area contributed by atoms with Gasteiger partial charge in [-0.2, -0.15) is 0 Å². The Hall–Kier alpha value is -1.46. The minimum absolute atomic E-state index is 0. The first-order chi connectivity index (χ1) is 15.1. The molecule has 2 aliphatic heterocycles. The summed E-state index contributed by atoms with van der Waals surface area (Å²) >= 11 is 0. The topological polar surface area (TPSA) is 71.4 Å². The normalized spacial score (nSPS) is 19.2. The third-order valence-electron chi connectivity index (χ3n) is 6.00. The van der Waals surface area contributed by atoms with Crippen LogP contribution in [0.25, 0.3) is 0 Å². The van der Waals surface area contributed by atoms with E-state index in [-0.39, 0.29) is 42.0 Å². The number of rotatable bonds is 6. The molecule has 0 spiro atoms. The van der Waals surface area contributed by atoms with Gasteiger partial charge in [-0.1, -0.05) is 31.0 Å². The van der Waals surface area contributed by atoms with E-state index in [2.05, 4.69) is 20.1 Å². The first kappa shape index (κ1) is 26.8. The summed E-state index contributed by atoms with van der Waals surface area (Å²) in [4.78, 5) is 23.6. The van der Waals surface area contributed by atoms with E-state index in [9.17, 15) is 14.3 Å². The number of carbonyl (C=O) groups excluding carboxylic acids is 1. The fourth-order valence-corrected chi connectivity index (χ4v) is 4.17. The van der Waals surface area contributed by atoms with Gasteiger partial charge in [0.2, 0.25) is 5.91 Å². The first-order valence-electron chi connectivity index (χ1n) is 11.5. The molecule has 1 unspecified atom stereocenters. The Labute approximate surface area is 208 Å². The Morgan fingerprint density at radius 2 is 1.72 bits per heavy atom. The molecular weight excluding hydrogens is 524 g/mol. The molecule has 2 saturated heterocycles. The van der Waals surface area contributed by atoms with Gasteiger partial charge in [-0.25, -0.2) is 4.39 Å². The van der Waals surface area contributed by atoms with E-state index in [4.69, 9.17) is 0 Å². The lowest BCUT2D eigenvalue weighted by molar-refractivity contribution is -0.132. The second-order valence-electron chi connectivity index (χ2n) is 8.29. The predicted molar refractivity (Wildman–Crippen MR) is 136 cm³/mol. The number of piperazine rings is 1. The van der Waals surface area contributed by atoms with Crippen LogP contribution in [0.5, 0.6) is 0 Å². The summed E-state index contributed by atoms with van der Waals surface area (Å²) in [7, 11) is 0. The van der Waals surface area contributed by atoms with Gasteiger partial charge in [0.05, 0.1) is 13.1 Å². The quantitative estimate of drug-likeness (QED) is 0.318. The molecule has 1 aromatic rings. The van der Waals surface area contributed by atoms with E-state index in [1.54, 1.807) is 18.2 Å². The molecule has 1 amide bonds. The van der Waals surface area contributed by atoms with Gasteiger partial charge in [0.1, 0.15) is 11.9 Å². The number of aliphatic hydroxyl groups excluding tert-OH is 1. The fourth-order valence-electron chi connectivity index (χ4n) is 4.17. The Balaban J connectivity index is 0.00000363. The van der Waals surface area contributed by atoms with Crippen LogP contribution in [-0.4, -0.2) is 90.6 Å². The molecule has 32 heavy (non-hydrogen) atoms. The Bertz CT molecular complexity index is 735. The maximum absolute atomic E-state index is 13.9. The Morgan fingerprint density at radius 1 is 1.06 bits per heavy atom. The molecule has 0 aliphatic carbocycles. The molecule has 1 aromatic carbocycles. The van der Waals surface area contributed by atoms with Crippen LogP contribution in [0, 0.1) is 5.82 Å². The predicted octanol–water partition coefficient (Wildman–Crippen LogP) is 2.46. The zero-order valence-corrected chi connectivity index (χ0v) is 21.3. The number of hydrogen-bond acceptors (Lipinski definition) is 4. The number of benzene rings is 1. The maximum Gasteiger partial charge on any atom is 0.236 e. The highest BCUT2D eigenvalue weighted by molar-refractivity contribution is 14.0. The smallest absolute Gasteiger partial charge is 0.236 e. The second-order valence-corrected chi connectivity index (χ2v) is 8.29. The van der Waals surface area contributed by atoms with Crippen LogP contribution in [0.3, 0.4) is 0 Å². The van der Waals surface area contributed by atoms with Crippen molar-refractivity contribution < 1.29 is 14.3 Å².